The van der Waals surface area contributed by atoms with E-state index in [1.54, 1.807) is 11.5 Å². The molecule has 0 unspecified atom stereocenters. The van der Waals surface area contributed by atoms with Crippen molar-refractivity contribution in [2.24, 2.45) is 0 Å². The van der Waals surface area contributed by atoms with Gasteiger partial charge in [-0.05, 0) is 57.4 Å². The van der Waals surface area contributed by atoms with E-state index in [-0.39, 0.29) is 11.5 Å². The topological polar surface area (TPSA) is 55.2 Å². The maximum atomic E-state index is 13.3. The van der Waals surface area contributed by atoms with E-state index in [9.17, 15) is 9.59 Å². The number of hydrogen-bond acceptors (Lipinski definition) is 3. The summed E-state index contributed by atoms with van der Waals surface area (Å²) in [5, 5.41) is 0. The van der Waals surface area contributed by atoms with Crippen LogP contribution in [0, 0.1) is 13.8 Å². The van der Waals surface area contributed by atoms with Crippen LogP contribution in [0.1, 0.15) is 46.9 Å². The lowest BCUT2D eigenvalue weighted by atomic mass is 10.1. The monoisotopic (exact) mass is 375 g/mol. The second-order valence-corrected chi connectivity index (χ2v) is 7.60. The minimum absolute atomic E-state index is 0.0266. The number of amides is 1. The third kappa shape index (κ3) is 3.44. The Morgan fingerprint density at radius 3 is 2.50 bits per heavy atom. The molecule has 0 saturated heterocycles. The summed E-state index contributed by atoms with van der Waals surface area (Å²) in [6.07, 6.45) is 2.11. The maximum absolute atomic E-state index is 13.3. The van der Waals surface area contributed by atoms with E-state index in [4.69, 9.17) is 0 Å². The van der Waals surface area contributed by atoms with E-state index in [1.165, 1.54) is 5.56 Å². The Morgan fingerprint density at radius 1 is 1.14 bits per heavy atom. The molecule has 1 amide bonds. The fourth-order valence-corrected chi connectivity index (χ4v) is 3.63. The molecular formula is C23H25N3O2. The van der Waals surface area contributed by atoms with Gasteiger partial charge in [-0.1, -0.05) is 29.8 Å². The van der Waals surface area contributed by atoms with Crippen LogP contribution >= 0.6 is 0 Å². The van der Waals surface area contributed by atoms with Gasteiger partial charge in [-0.25, -0.2) is 4.98 Å². The zero-order chi connectivity index (χ0) is 19.8. The van der Waals surface area contributed by atoms with Gasteiger partial charge >= 0.3 is 0 Å². The molecule has 1 saturated carbocycles. The van der Waals surface area contributed by atoms with Crippen molar-refractivity contribution in [3.8, 4) is 0 Å². The summed E-state index contributed by atoms with van der Waals surface area (Å²) in [6.45, 7) is 6.91. The summed E-state index contributed by atoms with van der Waals surface area (Å²) in [5.74, 6) is 0.0266. The van der Waals surface area contributed by atoms with Gasteiger partial charge in [0.05, 0.1) is 11.0 Å². The summed E-state index contributed by atoms with van der Waals surface area (Å²) in [6, 6.07) is 14.1. The predicted octanol–water partition coefficient (Wildman–Crippen LogP) is 3.84. The molecule has 0 radical (unpaired) electrons. The Morgan fingerprint density at radius 2 is 1.86 bits per heavy atom. The highest BCUT2D eigenvalue weighted by atomic mass is 16.2. The largest absolute Gasteiger partial charge is 0.331 e. The number of hydrogen-bond donors (Lipinski definition) is 0. The van der Waals surface area contributed by atoms with Gasteiger partial charge in [-0.15, -0.1) is 0 Å². The highest BCUT2D eigenvalue weighted by Crippen LogP contribution is 2.30. The first-order valence-electron chi connectivity index (χ1n) is 9.85. The standard InChI is InChI=1S/C23H25N3O2/c1-4-25-21-12-9-18(13-20(21)24-16(3)22(25)27)23(28)26(19-10-11-19)14-17-7-5-15(2)6-8-17/h5-9,12-13,19H,4,10-11,14H2,1-3H3. The number of carbonyl (C=O) groups excluding carboxylic acids is 1. The van der Waals surface area contributed by atoms with Crippen molar-refractivity contribution < 1.29 is 4.79 Å². The van der Waals surface area contributed by atoms with Crippen LogP contribution < -0.4 is 5.56 Å². The van der Waals surface area contributed by atoms with Gasteiger partial charge in [-0.2, -0.15) is 0 Å². The van der Waals surface area contributed by atoms with Crippen molar-refractivity contribution in [1.82, 2.24) is 14.5 Å². The van der Waals surface area contributed by atoms with E-state index in [0.717, 1.165) is 23.9 Å². The normalized spacial score (nSPS) is 13.7. The van der Waals surface area contributed by atoms with Crippen LogP contribution in [-0.4, -0.2) is 26.4 Å². The maximum Gasteiger partial charge on any atom is 0.272 e. The molecule has 144 valence electrons. The lowest BCUT2D eigenvalue weighted by molar-refractivity contribution is 0.0730. The van der Waals surface area contributed by atoms with Gasteiger partial charge in [0.25, 0.3) is 11.5 Å². The Bertz CT molecular complexity index is 1100. The predicted molar refractivity (Wildman–Crippen MR) is 110 cm³/mol. The van der Waals surface area contributed by atoms with Crippen LogP contribution in [0.2, 0.25) is 0 Å². The van der Waals surface area contributed by atoms with E-state index >= 15 is 0 Å². The Hall–Kier alpha value is -2.95. The second kappa shape index (κ2) is 7.23. The van der Waals surface area contributed by atoms with Crippen LogP contribution in [0.25, 0.3) is 11.0 Å². The zero-order valence-corrected chi connectivity index (χ0v) is 16.6. The van der Waals surface area contributed by atoms with Crippen LogP contribution in [0.5, 0.6) is 0 Å². The average Bonchev–Trinajstić information content (AvgIpc) is 3.53. The third-order valence-corrected chi connectivity index (χ3v) is 5.39. The van der Waals surface area contributed by atoms with Crippen molar-refractivity contribution in [1.29, 1.82) is 0 Å². The molecule has 1 fully saturated rings. The quantitative estimate of drug-likeness (QED) is 0.681. The summed E-state index contributed by atoms with van der Waals surface area (Å²) in [7, 11) is 0. The molecule has 5 nitrogen and oxygen atoms in total. The van der Waals surface area contributed by atoms with Crippen molar-refractivity contribution in [2.75, 3.05) is 0 Å². The SMILES string of the molecule is CCn1c(=O)c(C)nc2cc(C(=O)N(Cc3ccc(C)cc3)C3CC3)ccc21. The molecule has 3 aromatic rings. The first-order valence-corrected chi connectivity index (χ1v) is 9.85. The molecule has 0 atom stereocenters. The zero-order valence-electron chi connectivity index (χ0n) is 16.6. The van der Waals surface area contributed by atoms with Gasteiger partial charge in [0, 0.05) is 24.7 Å². The van der Waals surface area contributed by atoms with Crippen LogP contribution in [0.4, 0.5) is 0 Å². The first-order chi connectivity index (χ1) is 13.5. The number of aryl methyl sites for hydroxylation is 3. The summed E-state index contributed by atoms with van der Waals surface area (Å²) in [4.78, 5) is 32.0. The van der Waals surface area contributed by atoms with Gasteiger partial charge in [0.1, 0.15) is 5.69 Å². The summed E-state index contributed by atoms with van der Waals surface area (Å²) in [5.41, 5.74) is 4.82. The molecule has 4 rings (SSSR count). The molecule has 0 aliphatic heterocycles. The smallest absolute Gasteiger partial charge is 0.272 e. The molecule has 2 aromatic carbocycles. The lowest BCUT2D eigenvalue weighted by Gasteiger charge is -2.23. The van der Waals surface area contributed by atoms with Gasteiger partial charge in [0.15, 0.2) is 0 Å². The molecule has 0 spiro atoms. The molecule has 1 aromatic heterocycles. The number of benzene rings is 2. The average molecular weight is 375 g/mol. The fourth-order valence-electron chi connectivity index (χ4n) is 3.63. The van der Waals surface area contributed by atoms with Gasteiger partial charge in [0.2, 0.25) is 0 Å². The lowest BCUT2D eigenvalue weighted by Crippen LogP contribution is -2.32. The molecule has 0 bridgehead atoms. The van der Waals surface area contributed by atoms with Crippen molar-refractivity contribution in [3.05, 3.63) is 75.2 Å². The molecule has 5 heteroatoms. The number of carbonyl (C=O) groups is 1. The van der Waals surface area contributed by atoms with Crippen molar-refractivity contribution >= 4 is 16.9 Å². The van der Waals surface area contributed by atoms with Crippen LogP contribution in [0.3, 0.4) is 0 Å². The highest BCUT2D eigenvalue weighted by molar-refractivity contribution is 5.97. The Balaban J connectivity index is 1.69. The highest BCUT2D eigenvalue weighted by Gasteiger charge is 2.33. The Labute approximate surface area is 164 Å². The molecule has 28 heavy (non-hydrogen) atoms. The number of nitrogens with zero attached hydrogens (tertiary/aromatic N) is 3. The van der Waals surface area contributed by atoms with Crippen LogP contribution in [0.15, 0.2) is 47.3 Å². The third-order valence-electron chi connectivity index (χ3n) is 5.39. The molecule has 1 heterocycles. The van der Waals surface area contributed by atoms with Gasteiger partial charge < -0.3 is 9.47 Å². The summed E-state index contributed by atoms with van der Waals surface area (Å²) < 4.78 is 1.71. The van der Waals surface area contributed by atoms with E-state index in [1.807, 2.05) is 30.0 Å². The Kier molecular flexibility index (Phi) is 4.75. The number of aromatic nitrogens is 2. The molecule has 1 aliphatic rings. The van der Waals surface area contributed by atoms with E-state index < -0.39 is 0 Å². The fraction of sp³-hybridized carbons (Fsp3) is 0.348. The summed E-state index contributed by atoms with van der Waals surface area (Å²) >= 11 is 0. The second-order valence-electron chi connectivity index (χ2n) is 7.60. The minimum Gasteiger partial charge on any atom is -0.331 e. The van der Waals surface area contributed by atoms with Gasteiger partial charge in [-0.3, -0.25) is 9.59 Å². The van der Waals surface area contributed by atoms with Crippen molar-refractivity contribution in [3.63, 3.8) is 0 Å². The number of fused-ring (bicyclic) bond motifs is 1. The minimum atomic E-state index is -0.0759. The number of rotatable bonds is 5. The molecular weight excluding hydrogens is 350 g/mol. The first kappa shape index (κ1) is 18.4. The van der Waals surface area contributed by atoms with Crippen molar-refractivity contribution in [2.45, 2.75) is 52.7 Å². The van der Waals surface area contributed by atoms with Crippen LogP contribution in [-0.2, 0) is 13.1 Å². The van der Waals surface area contributed by atoms with E-state index in [0.29, 0.717) is 35.9 Å². The molecule has 0 N–H and O–H groups in total. The van der Waals surface area contributed by atoms with E-state index in [2.05, 4.69) is 36.2 Å². The molecule has 1 aliphatic carbocycles.